The first-order valence-corrected chi connectivity index (χ1v) is 8.49. The van der Waals surface area contributed by atoms with Gasteiger partial charge in [-0.15, -0.1) is 0 Å². The molecule has 0 radical (unpaired) electrons. The van der Waals surface area contributed by atoms with Crippen LogP contribution in [0.3, 0.4) is 0 Å². The number of nitrogens with zero attached hydrogens (tertiary/aromatic N) is 3. The zero-order chi connectivity index (χ0) is 18.6. The van der Waals surface area contributed by atoms with Crippen LogP contribution in [0.25, 0.3) is 11.0 Å². The highest BCUT2D eigenvalue weighted by Crippen LogP contribution is 2.37. The van der Waals surface area contributed by atoms with Gasteiger partial charge in [-0.2, -0.15) is 0 Å². The molecule has 1 saturated heterocycles. The van der Waals surface area contributed by atoms with Crippen LogP contribution >= 0.6 is 11.6 Å². The number of pyridine rings is 2. The van der Waals surface area contributed by atoms with Gasteiger partial charge in [0.25, 0.3) is 0 Å². The van der Waals surface area contributed by atoms with Crippen molar-refractivity contribution in [2.75, 3.05) is 24.6 Å². The molecule has 0 unspecified atom stereocenters. The number of carboxylic acids is 1. The normalized spacial score (nSPS) is 16.7. The number of fused-ring (bicyclic) bond motifs is 1. The summed E-state index contributed by atoms with van der Waals surface area (Å²) in [6.45, 7) is 0.420. The Bertz CT molecular complexity index is 1020. The standard InChI is InChI=1S/C17H15ClFN3O4/c18-12(7-23)8-4-21(5-8)16-13(19)3-10-14(24)11(17(25)26)6-22(9-1-2-9)15(10)20-16/h3,6,9,23H,1-2,4-5,7H2,(H,25,26). The van der Waals surface area contributed by atoms with Crippen molar-refractivity contribution in [1.29, 1.82) is 0 Å². The average molecular weight is 380 g/mol. The lowest BCUT2D eigenvalue weighted by atomic mass is 10.1. The molecule has 2 aromatic rings. The topological polar surface area (TPSA) is 95.7 Å². The van der Waals surface area contributed by atoms with Gasteiger partial charge in [-0.05, 0) is 24.5 Å². The molecule has 1 aliphatic heterocycles. The number of carboxylic acid groups (broad SMARTS) is 1. The highest BCUT2D eigenvalue weighted by molar-refractivity contribution is 6.30. The summed E-state index contributed by atoms with van der Waals surface area (Å²) in [7, 11) is 0. The van der Waals surface area contributed by atoms with Crippen molar-refractivity contribution in [2.45, 2.75) is 18.9 Å². The van der Waals surface area contributed by atoms with Crippen LogP contribution < -0.4 is 10.3 Å². The zero-order valence-electron chi connectivity index (χ0n) is 13.6. The van der Waals surface area contributed by atoms with Gasteiger partial charge in [0.2, 0.25) is 5.43 Å². The van der Waals surface area contributed by atoms with Gasteiger partial charge < -0.3 is 19.7 Å². The maximum Gasteiger partial charge on any atom is 0.341 e. The van der Waals surface area contributed by atoms with Crippen LogP contribution in [0, 0.1) is 5.82 Å². The monoisotopic (exact) mass is 379 g/mol. The van der Waals surface area contributed by atoms with Crippen molar-refractivity contribution in [3.63, 3.8) is 0 Å². The minimum atomic E-state index is -1.34. The van der Waals surface area contributed by atoms with Crippen LogP contribution in [0.5, 0.6) is 0 Å². The summed E-state index contributed by atoms with van der Waals surface area (Å²) in [6, 6.07) is 1.12. The first-order chi connectivity index (χ1) is 12.4. The van der Waals surface area contributed by atoms with E-state index in [2.05, 4.69) is 4.98 Å². The zero-order valence-corrected chi connectivity index (χ0v) is 14.3. The molecule has 9 heteroatoms. The van der Waals surface area contributed by atoms with Gasteiger partial charge in [0.1, 0.15) is 11.2 Å². The van der Waals surface area contributed by atoms with Gasteiger partial charge >= 0.3 is 5.97 Å². The predicted molar refractivity (Wildman–Crippen MR) is 93.4 cm³/mol. The fourth-order valence-electron chi connectivity index (χ4n) is 3.09. The number of aromatic nitrogens is 2. The third-order valence-electron chi connectivity index (χ3n) is 4.70. The van der Waals surface area contributed by atoms with Crippen molar-refractivity contribution in [2.24, 2.45) is 0 Å². The molecular weight excluding hydrogens is 365 g/mol. The van der Waals surface area contributed by atoms with Crippen LogP contribution in [-0.2, 0) is 0 Å². The smallest absolute Gasteiger partial charge is 0.341 e. The van der Waals surface area contributed by atoms with E-state index in [-0.39, 0.29) is 35.1 Å². The number of hydrogen-bond acceptors (Lipinski definition) is 5. The Morgan fingerprint density at radius 1 is 1.38 bits per heavy atom. The Morgan fingerprint density at radius 2 is 2.08 bits per heavy atom. The number of halogens is 2. The highest BCUT2D eigenvalue weighted by atomic mass is 35.5. The molecule has 0 spiro atoms. The molecule has 0 aromatic carbocycles. The Kier molecular flexibility index (Phi) is 3.96. The largest absolute Gasteiger partial charge is 0.477 e. The summed E-state index contributed by atoms with van der Waals surface area (Å²) in [5.41, 5.74) is -0.0435. The van der Waals surface area contributed by atoms with Crippen LogP contribution in [0.4, 0.5) is 10.2 Å². The van der Waals surface area contributed by atoms with Crippen LogP contribution in [0.15, 0.2) is 27.7 Å². The fraction of sp³-hybridized carbons (Fsp3) is 0.353. The summed E-state index contributed by atoms with van der Waals surface area (Å²) in [5.74, 6) is -1.95. The van der Waals surface area contributed by atoms with E-state index >= 15 is 0 Å². The molecule has 1 aliphatic carbocycles. The summed E-state index contributed by atoms with van der Waals surface area (Å²) in [6.07, 6.45) is 3.01. The van der Waals surface area contributed by atoms with Gasteiger partial charge in [0, 0.05) is 30.4 Å². The Labute approximate surface area is 151 Å². The number of aliphatic hydroxyl groups is 1. The first kappa shape index (κ1) is 17.0. The molecule has 2 aliphatic rings. The molecule has 1 saturated carbocycles. The predicted octanol–water partition coefficient (Wildman–Crippen LogP) is 1.87. The fourth-order valence-corrected chi connectivity index (χ4v) is 3.21. The van der Waals surface area contributed by atoms with Crippen molar-refractivity contribution in [1.82, 2.24) is 9.55 Å². The third-order valence-corrected chi connectivity index (χ3v) is 5.08. The summed E-state index contributed by atoms with van der Waals surface area (Å²) < 4.78 is 16.2. The molecule has 7 nitrogen and oxygen atoms in total. The van der Waals surface area contributed by atoms with Crippen molar-refractivity contribution in [3.05, 3.63) is 44.5 Å². The van der Waals surface area contributed by atoms with Crippen molar-refractivity contribution >= 4 is 34.4 Å². The molecule has 26 heavy (non-hydrogen) atoms. The van der Waals surface area contributed by atoms with E-state index in [4.69, 9.17) is 16.7 Å². The molecule has 0 amide bonds. The molecule has 0 atom stereocenters. The molecule has 0 bridgehead atoms. The Balaban J connectivity index is 1.84. The number of carbonyl (C=O) groups is 1. The van der Waals surface area contributed by atoms with Gasteiger partial charge in [0.15, 0.2) is 11.6 Å². The van der Waals surface area contributed by atoms with Gasteiger partial charge in [-0.3, -0.25) is 4.79 Å². The quantitative estimate of drug-likeness (QED) is 0.842. The minimum Gasteiger partial charge on any atom is -0.477 e. The maximum atomic E-state index is 14.6. The van der Waals surface area contributed by atoms with E-state index in [0.29, 0.717) is 18.1 Å². The lowest BCUT2D eigenvalue weighted by Gasteiger charge is -2.36. The second-order valence-corrected chi connectivity index (χ2v) is 6.96. The highest BCUT2D eigenvalue weighted by Gasteiger charge is 2.31. The molecule has 3 heterocycles. The number of anilines is 1. The first-order valence-electron chi connectivity index (χ1n) is 8.11. The second-order valence-electron chi connectivity index (χ2n) is 6.50. The van der Waals surface area contributed by atoms with Crippen LogP contribution in [0.2, 0.25) is 0 Å². The Hall–Kier alpha value is -2.45. The maximum absolute atomic E-state index is 14.6. The van der Waals surface area contributed by atoms with Crippen molar-refractivity contribution < 1.29 is 19.4 Å². The number of rotatable bonds is 4. The van der Waals surface area contributed by atoms with E-state index < -0.39 is 17.2 Å². The number of aromatic carboxylic acids is 1. The van der Waals surface area contributed by atoms with E-state index in [0.717, 1.165) is 24.5 Å². The summed E-state index contributed by atoms with van der Waals surface area (Å²) >= 11 is 5.89. The molecule has 4 rings (SSSR count). The van der Waals surface area contributed by atoms with Crippen LogP contribution in [-0.4, -0.2) is 45.4 Å². The van der Waals surface area contributed by atoms with Gasteiger partial charge in [-0.1, -0.05) is 11.6 Å². The van der Waals surface area contributed by atoms with Crippen molar-refractivity contribution in [3.8, 4) is 0 Å². The van der Waals surface area contributed by atoms with E-state index in [1.807, 2.05) is 0 Å². The summed E-state index contributed by atoms with van der Waals surface area (Å²) in [5, 5.41) is 18.6. The van der Waals surface area contributed by atoms with Gasteiger partial charge in [0.05, 0.1) is 12.0 Å². The van der Waals surface area contributed by atoms with Gasteiger partial charge in [-0.25, -0.2) is 14.2 Å². The lowest BCUT2D eigenvalue weighted by Crippen LogP contribution is -2.42. The minimum absolute atomic E-state index is 0.0391. The molecule has 2 aromatic heterocycles. The van der Waals surface area contributed by atoms with E-state index in [1.54, 1.807) is 9.47 Å². The molecule has 2 fully saturated rings. The second kappa shape index (κ2) is 6.07. The van der Waals surface area contributed by atoms with Crippen LogP contribution in [0.1, 0.15) is 29.2 Å². The van der Waals surface area contributed by atoms with E-state index in [9.17, 15) is 19.1 Å². The third kappa shape index (κ3) is 2.65. The number of aliphatic hydroxyl groups excluding tert-OH is 1. The lowest BCUT2D eigenvalue weighted by molar-refractivity contribution is 0.0695. The number of hydrogen-bond donors (Lipinski definition) is 2. The molecule has 2 N–H and O–H groups in total. The molecule has 136 valence electrons. The SMILES string of the molecule is O=C(O)c1cn(C2CC2)c2nc(N3CC(=C(Cl)CO)C3)c(F)cc2c1=O. The molecular formula is C17H15ClFN3O4. The van der Waals surface area contributed by atoms with E-state index in [1.165, 1.54) is 6.20 Å². The summed E-state index contributed by atoms with van der Waals surface area (Å²) in [4.78, 5) is 29.7. The average Bonchev–Trinajstić information content (AvgIpc) is 3.39. The Morgan fingerprint density at radius 3 is 2.65 bits per heavy atom.